The lowest BCUT2D eigenvalue weighted by Gasteiger charge is -2.22. The molecule has 0 aliphatic carbocycles. The van der Waals surface area contributed by atoms with Crippen molar-refractivity contribution in [2.75, 3.05) is 6.54 Å². The fraction of sp³-hybridized carbons (Fsp3) is 0.667. The molecule has 0 saturated heterocycles. The number of nitrogens with zero attached hydrogens (tertiary/aromatic N) is 1. The Labute approximate surface area is 96.2 Å². The SMILES string of the molecule is CC1N=CC2=C(NCCC(=O)C(C)CC2)N1. The van der Waals surface area contributed by atoms with Gasteiger partial charge in [-0.25, -0.2) is 0 Å². The van der Waals surface area contributed by atoms with Gasteiger partial charge in [0.2, 0.25) is 0 Å². The second-order valence-corrected chi connectivity index (χ2v) is 4.58. The first-order valence-electron chi connectivity index (χ1n) is 5.96. The predicted octanol–water partition coefficient (Wildman–Crippen LogP) is 1.20. The van der Waals surface area contributed by atoms with Crippen LogP contribution in [0.3, 0.4) is 0 Å². The molecule has 16 heavy (non-hydrogen) atoms. The lowest BCUT2D eigenvalue weighted by molar-refractivity contribution is -0.122. The quantitative estimate of drug-likeness (QED) is 0.646. The third kappa shape index (κ3) is 2.43. The minimum Gasteiger partial charge on any atom is -0.371 e. The molecule has 0 bridgehead atoms. The number of hydrogen-bond acceptors (Lipinski definition) is 4. The second kappa shape index (κ2) is 4.68. The molecule has 0 spiro atoms. The van der Waals surface area contributed by atoms with Crippen molar-refractivity contribution in [3.05, 3.63) is 11.4 Å². The van der Waals surface area contributed by atoms with E-state index in [0.717, 1.165) is 25.2 Å². The molecular formula is C12H19N3O. The number of aliphatic imine (C=N–C) groups is 1. The largest absolute Gasteiger partial charge is 0.371 e. The van der Waals surface area contributed by atoms with Crippen LogP contribution in [0.1, 0.15) is 33.1 Å². The Morgan fingerprint density at radius 2 is 2.19 bits per heavy atom. The zero-order valence-corrected chi connectivity index (χ0v) is 9.92. The van der Waals surface area contributed by atoms with E-state index >= 15 is 0 Å². The zero-order valence-electron chi connectivity index (χ0n) is 9.92. The van der Waals surface area contributed by atoms with E-state index in [4.69, 9.17) is 0 Å². The van der Waals surface area contributed by atoms with Gasteiger partial charge in [-0.3, -0.25) is 9.79 Å². The van der Waals surface area contributed by atoms with E-state index in [1.54, 1.807) is 0 Å². The molecule has 0 amide bonds. The summed E-state index contributed by atoms with van der Waals surface area (Å²) < 4.78 is 0. The van der Waals surface area contributed by atoms with Crippen LogP contribution < -0.4 is 10.6 Å². The molecule has 0 aromatic rings. The van der Waals surface area contributed by atoms with Crippen LogP contribution in [0.25, 0.3) is 0 Å². The van der Waals surface area contributed by atoms with Crippen molar-refractivity contribution in [1.29, 1.82) is 0 Å². The van der Waals surface area contributed by atoms with Crippen LogP contribution in [0.2, 0.25) is 0 Å². The van der Waals surface area contributed by atoms with Crippen molar-refractivity contribution in [1.82, 2.24) is 10.6 Å². The minimum absolute atomic E-state index is 0.125. The van der Waals surface area contributed by atoms with Gasteiger partial charge < -0.3 is 10.6 Å². The standard InChI is InChI=1S/C12H19N3O/c1-8-3-4-10-7-14-9(2)15-12(10)13-6-5-11(8)16/h7-9,13,15H,3-6H2,1-2H3. The van der Waals surface area contributed by atoms with Gasteiger partial charge in [0.25, 0.3) is 0 Å². The van der Waals surface area contributed by atoms with Crippen molar-refractivity contribution in [3.8, 4) is 0 Å². The molecule has 2 aliphatic rings. The van der Waals surface area contributed by atoms with Crippen LogP contribution in [-0.2, 0) is 4.79 Å². The Balaban J connectivity index is 2.12. The first-order chi connectivity index (χ1) is 7.66. The molecule has 0 aromatic heterocycles. The van der Waals surface area contributed by atoms with Crippen LogP contribution in [0.15, 0.2) is 16.4 Å². The third-order valence-corrected chi connectivity index (χ3v) is 3.20. The van der Waals surface area contributed by atoms with Gasteiger partial charge in [-0.15, -0.1) is 0 Å². The topological polar surface area (TPSA) is 53.5 Å². The van der Waals surface area contributed by atoms with Crippen LogP contribution in [-0.4, -0.2) is 24.7 Å². The van der Waals surface area contributed by atoms with Gasteiger partial charge in [0.15, 0.2) is 0 Å². The molecule has 0 fully saturated rings. The number of Topliss-reactive ketones (excluding diaryl/α,β-unsaturated/α-hetero) is 1. The van der Waals surface area contributed by atoms with E-state index in [2.05, 4.69) is 15.6 Å². The summed E-state index contributed by atoms with van der Waals surface area (Å²) in [6.45, 7) is 4.75. The van der Waals surface area contributed by atoms with Crippen molar-refractivity contribution in [3.63, 3.8) is 0 Å². The van der Waals surface area contributed by atoms with Gasteiger partial charge in [0.1, 0.15) is 17.8 Å². The lowest BCUT2D eigenvalue weighted by atomic mass is 9.96. The van der Waals surface area contributed by atoms with Gasteiger partial charge in [0.05, 0.1) is 0 Å². The Kier molecular flexibility index (Phi) is 3.27. The maximum Gasteiger partial charge on any atom is 0.137 e. The van der Waals surface area contributed by atoms with Gasteiger partial charge in [0, 0.05) is 30.7 Å². The highest BCUT2D eigenvalue weighted by Crippen LogP contribution is 2.18. The van der Waals surface area contributed by atoms with Crippen molar-refractivity contribution in [2.45, 2.75) is 39.3 Å². The fourth-order valence-electron chi connectivity index (χ4n) is 2.05. The first kappa shape index (κ1) is 11.2. The number of carbonyl (C=O) groups excluding carboxylic acids is 1. The van der Waals surface area contributed by atoms with E-state index in [0.29, 0.717) is 12.2 Å². The van der Waals surface area contributed by atoms with Crippen LogP contribution in [0.4, 0.5) is 0 Å². The Morgan fingerprint density at radius 1 is 1.38 bits per heavy atom. The van der Waals surface area contributed by atoms with E-state index in [9.17, 15) is 4.79 Å². The molecule has 0 aromatic carbocycles. The summed E-state index contributed by atoms with van der Waals surface area (Å²) in [5, 5.41) is 6.60. The molecule has 0 radical (unpaired) electrons. The number of nitrogens with one attached hydrogen (secondary N) is 2. The number of ketones is 1. The van der Waals surface area contributed by atoms with Crippen molar-refractivity contribution < 1.29 is 4.79 Å². The summed E-state index contributed by atoms with van der Waals surface area (Å²) in [4.78, 5) is 16.0. The average molecular weight is 221 g/mol. The predicted molar refractivity (Wildman–Crippen MR) is 64.1 cm³/mol. The first-order valence-corrected chi connectivity index (χ1v) is 5.96. The average Bonchev–Trinajstić information content (AvgIpc) is 2.32. The summed E-state index contributed by atoms with van der Waals surface area (Å²) in [5.41, 5.74) is 1.19. The number of hydrogen-bond donors (Lipinski definition) is 2. The maximum absolute atomic E-state index is 11.7. The van der Waals surface area contributed by atoms with Crippen LogP contribution in [0.5, 0.6) is 0 Å². The molecule has 4 nitrogen and oxygen atoms in total. The maximum atomic E-state index is 11.7. The van der Waals surface area contributed by atoms with E-state index in [1.807, 2.05) is 20.1 Å². The van der Waals surface area contributed by atoms with Crippen LogP contribution >= 0.6 is 0 Å². The van der Waals surface area contributed by atoms with E-state index in [-0.39, 0.29) is 12.1 Å². The number of allylic oxidation sites excluding steroid dienone is 1. The zero-order chi connectivity index (χ0) is 11.5. The highest BCUT2D eigenvalue weighted by Gasteiger charge is 2.19. The highest BCUT2D eigenvalue weighted by atomic mass is 16.1. The Bertz CT molecular complexity index is 346. The molecule has 2 N–H and O–H groups in total. The summed E-state index contributed by atoms with van der Waals surface area (Å²) in [6, 6.07) is 0. The fourth-order valence-corrected chi connectivity index (χ4v) is 2.05. The summed E-state index contributed by atoms with van der Waals surface area (Å²) in [5.74, 6) is 1.59. The van der Waals surface area contributed by atoms with E-state index < -0.39 is 0 Å². The van der Waals surface area contributed by atoms with Gasteiger partial charge in [-0.1, -0.05) is 6.92 Å². The third-order valence-electron chi connectivity index (χ3n) is 3.20. The smallest absolute Gasteiger partial charge is 0.137 e. The molecule has 0 saturated carbocycles. The number of rotatable bonds is 0. The van der Waals surface area contributed by atoms with Crippen molar-refractivity contribution in [2.24, 2.45) is 10.9 Å². The molecule has 2 atom stereocenters. The highest BCUT2D eigenvalue weighted by molar-refractivity contribution is 5.83. The Morgan fingerprint density at radius 3 is 3.00 bits per heavy atom. The van der Waals surface area contributed by atoms with E-state index in [1.165, 1.54) is 5.57 Å². The molecule has 2 rings (SSSR count). The molecule has 2 unspecified atom stereocenters. The summed E-state index contributed by atoms with van der Waals surface area (Å²) in [6.07, 6.45) is 4.51. The van der Waals surface area contributed by atoms with Gasteiger partial charge >= 0.3 is 0 Å². The molecular weight excluding hydrogens is 202 g/mol. The monoisotopic (exact) mass is 221 g/mol. The minimum atomic E-state index is 0.125. The van der Waals surface area contributed by atoms with Crippen molar-refractivity contribution >= 4 is 12.0 Å². The molecule has 88 valence electrons. The molecule has 4 heteroatoms. The summed E-state index contributed by atoms with van der Waals surface area (Å²) >= 11 is 0. The Hall–Kier alpha value is -1.32. The van der Waals surface area contributed by atoms with Crippen LogP contribution in [0, 0.1) is 5.92 Å². The number of carbonyl (C=O) groups is 1. The van der Waals surface area contributed by atoms with Gasteiger partial charge in [-0.2, -0.15) is 0 Å². The molecule has 2 aliphatic heterocycles. The van der Waals surface area contributed by atoms with Gasteiger partial charge in [-0.05, 0) is 19.8 Å². The normalized spacial score (nSPS) is 30.8. The molecule has 2 heterocycles. The second-order valence-electron chi connectivity index (χ2n) is 4.58. The summed E-state index contributed by atoms with van der Waals surface area (Å²) in [7, 11) is 0. The lowest BCUT2D eigenvalue weighted by Crippen LogP contribution is -2.36.